The molecule has 0 atom stereocenters. The molecule has 1 aliphatic carbocycles. The Morgan fingerprint density at radius 1 is 1.53 bits per heavy atom. The van der Waals surface area contributed by atoms with Gasteiger partial charge < -0.3 is 10.8 Å². The van der Waals surface area contributed by atoms with E-state index in [2.05, 4.69) is 9.88 Å². The topological polar surface area (TPSA) is 62.4 Å². The van der Waals surface area contributed by atoms with E-state index in [0.29, 0.717) is 17.2 Å². The first-order valence-electron chi connectivity index (χ1n) is 6.64. The predicted octanol–water partition coefficient (Wildman–Crippen LogP) is 1.45. The molecule has 0 aliphatic heterocycles. The Labute approximate surface area is 119 Å². The highest BCUT2D eigenvalue weighted by Gasteiger charge is 2.32. The number of hydrogen-bond donors (Lipinski definition) is 2. The van der Waals surface area contributed by atoms with Crippen molar-refractivity contribution < 1.29 is 5.11 Å². The molecule has 2 rings (SSSR count). The zero-order chi connectivity index (χ0) is 13.9. The van der Waals surface area contributed by atoms with E-state index in [1.807, 2.05) is 19.2 Å². The maximum atomic E-state index is 10.4. The predicted molar refractivity (Wildman–Crippen MR) is 79.9 cm³/mol. The van der Waals surface area contributed by atoms with Crippen molar-refractivity contribution >= 4 is 17.2 Å². The molecule has 5 heteroatoms. The molecule has 4 nitrogen and oxygen atoms in total. The Kier molecular flexibility index (Phi) is 4.50. The Balaban J connectivity index is 1.96. The molecule has 0 spiro atoms. The summed E-state index contributed by atoms with van der Waals surface area (Å²) in [6.07, 6.45) is 5.80. The molecule has 1 heterocycles. The maximum absolute atomic E-state index is 10.4. The van der Waals surface area contributed by atoms with E-state index in [-0.39, 0.29) is 0 Å². The molecule has 3 N–H and O–H groups in total. The van der Waals surface area contributed by atoms with Gasteiger partial charge in [0.1, 0.15) is 4.99 Å². The summed E-state index contributed by atoms with van der Waals surface area (Å²) in [4.78, 5) is 6.59. The molecule has 0 unspecified atom stereocenters. The fraction of sp³-hybridized carbons (Fsp3) is 0.571. The average molecular weight is 279 g/mol. The zero-order valence-corrected chi connectivity index (χ0v) is 12.1. The van der Waals surface area contributed by atoms with Crippen LogP contribution in [-0.2, 0) is 6.54 Å². The Bertz CT molecular complexity index is 458. The Morgan fingerprint density at radius 3 is 2.84 bits per heavy atom. The molecule has 0 saturated heterocycles. The SMILES string of the molecule is CN(Cc1ccnc(C(N)=S)c1)CC1(O)CCCC1. The number of likely N-dealkylation sites (N-methyl/N-ethyl adjacent to an activating group) is 1. The molecule has 1 saturated carbocycles. The van der Waals surface area contributed by atoms with Gasteiger partial charge in [-0.3, -0.25) is 9.88 Å². The lowest BCUT2D eigenvalue weighted by atomic mass is 10.0. The van der Waals surface area contributed by atoms with Gasteiger partial charge in [0.05, 0.1) is 11.3 Å². The van der Waals surface area contributed by atoms with Crippen LogP contribution in [-0.4, -0.2) is 39.2 Å². The van der Waals surface area contributed by atoms with Gasteiger partial charge in [0.2, 0.25) is 0 Å². The van der Waals surface area contributed by atoms with Crippen LogP contribution >= 0.6 is 12.2 Å². The van der Waals surface area contributed by atoms with Crippen molar-refractivity contribution in [2.75, 3.05) is 13.6 Å². The summed E-state index contributed by atoms with van der Waals surface area (Å²) in [5.41, 5.74) is 6.84. The summed E-state index contributed by atoms with van der Waals surface area (Å²) in [5.74, 6) is 0. The minimum absolute atomic E-state index is 0.318. The standard InChI is InChI=1S/C14H21N3OS/c1-17(10-14(18)5-2-3-6-14)9-11-4-7-16-12(8-11)13(15)19/h4,7-8,18H,2-3,5-6,9-10H2,1H3,(H2,15,19). The fourth-order valence-corrected chi connectivity index (χ4v) is 2.88. The van der Waals surface area contributed by atoms with Gasteiger partial charge in [-0.25, -0.2) is 0 Å². The summed E-state index contributed by atoms with van der Waals surface area (Å²) in [7, 11) is 2.02. The highest BCUT2D eigenvalue weighted by atomic mass is 32.1. The number of hydrogen-bond acceptors (Lipinski definition) is 4. The lowest BCUT2D eigenvalue weighted by Gasteiger charge is -2.28. The normalized spacial score (nSPS) is 17.8. The number of rotatable bonds is 5. The molecule has 0 bridgehead atoms. The van der Waals surface area contributed by atoms with Gasteiger partial charge in [-0.05, 0) is 37.6 Å². The second-order valence-electron chi connectivity index (χ2n) is 5.52. The molecular weight excluding hydrogens is 258 g/mol. The summed E-state index contributed by atoms with van der Waals surface area (Å²) in [6.45, 7) is 1.47. The Hall–Kier alpha value is -1.04. The lowest BCUT2D eigenvalue weighted by molar-refractivity contribution is 0.0145. The van der Waals surface area contributed by atoms with E-state index in [9.17, 15) is 5.11 Å². The summed E-state index contributed by atoms with van der Waals surface area (Å²) >= 11 is 4.93. The summed E-state index contributed by atoms with van der Waals surface area (Å²) < 4.78 is 0. The fourth-order valence-electron chi connectivity index (χ4n) is 2.77. The molecule has 1 aromatic rings. The minimum atomic E-state index is -0.506. The first-order valence-corrected chi connectivity index (χ1v) is 7.05. The van der Waals surface area contributed by atoms with Crippen LogP contribution < -0.4 is 5.73 Å². The number of nitrogens with zero attached hydrogens (tertiary/aromatic N) is 2. The first kappa shape index (κ1) is 14.4. The van der Waals surface area contributed by atoms with Crippen LogP contribution in [0.15, 0.2) is 18.3 Å². The van der Waals surface area contributed by atoms with E-state index in [1.165, 1.54) is 0 Å². The van der Waals surface area contributed by atoms with Gasteiger partial charge >= 0.3 is 0 Å². The molecule has 1 fully saturated rings. The van der Waals surface area contributed by atoms with Gasteiger partial charge in [-0.2, -0.15) is 0 Å². The minimum Gasteiger partial charge on any atom is -0.389 e. The number of nitrogens with two attached hydrogens (primary N) is 1. The van der Waals surface area contributed by atoms with Gasteiger partial charge in [-0.15, -0.1) is 0 Å². The quantitative estimate of drug-likeness (QED) is 0.799. The van der Waals surface area contributed by atoms with Crippen molar-refractivity contribution in [1.82, 2.24) is 9.88 Å². The van der Waals surface area contributed by atoms with Crippen molar-refractivity contribution in [2.45, 2.75) is 37.8 Å². The van der Waals surface area contributed by atoms with Crippen molar-refractivity contribution in [3.63, 3.8) is 0 Å². The lowest BCUT2D eigenvalue weighted by Crippen LogP contribution is -2.38. The third-order valence-corrected chi connectivity index (χ3v) is 3.84. The van der Waals surface area contributed by atoms with E-state index < -0.39 is 5.60 Å². The molecule has 104 valence electrons. The number of pyridine rings is 1. The van der Waals surface area contributed by atoms with Gasteiger partial charge in [0.25, 0.3) is 0 Å². The Morgan fingerprint density at radius 2 is 2.21 bits per heavy atom. The van der Waals surface area contributed by atoms with Crippen molar-refractivity contribution in [3.8, 4) is 0 Å². The molecule has 1 aliphatic rings. The van der Waals surface area contributed by atoms with Crippen molar-refractivity contribution in [3.05, 3.63) is 29.6 Å². The second-order valence-corrected chi connectivity index (χ2v) is 5.96. The number of thiocarbonyl (C=S) groups is 1. The molecule has 0 aromatic carbocycles. The molecule has 1 aromatic heterocycles. The number of aliphatic hydroxyl groups is 1. The van der Waals surface area contributed by atoms with Crippen LogP contribution in [0, 0.1) is 0 Å². The van der Waals surface area contributed by atoms with Crippen LogP contribution in [0.25, 0.3) is 0 Å². The molecule has 0 radical (unpaired) electrons. The monoisotopic (exact) mass is 279 g/mol. The second kappa shape index (κ2) is 5.94. The van der Waals surface area contributed by atoms with E-state index in [1.54, 1.807) is 6.20 Å². The van der Waals surface area contributed by atoms with E-state index >= 15 is 0 Å². The summed E-state index contributed by atoms with van der Waals surface area (Å²) in [5, 5.41) is 10.4. The molecule has 19 heavy (non-hydrogen) atoms. The largest absolute Gasteiger partial charge is 0.389 e. The molecular formula is C14H21N3OS. The van der Waals surface area contributed by atoms with Crippen LogP contribution in [0.1, 0.15) is 36.9 Å². The average Bonchev–Trinajstić information content (AvgIpc) is 2.75. The van der Waals surface area contributed by atoms with Crippen LogP contribution in [0.5, 0.6) is 0 Å². The third-order valence-electron chi connectivity index (χ3n) is 3.63. The van der Waals surface area contributed by atoms with E-state index in [0.717, 1.165) is 37.8 Å². The molecule has 0 amide bonds. The maximum Gasteiger partial charge on any atom is 0.122 e. The van der Waals surface area contributed by atoms with E-state index in [4.69, 9.17) is 18.0 Å². The number of aromatic nitrogens is 1. The highest BCUT2D eigenvalue weighted by Crippen LogP contribution is 2.30. The highest BCUT2D eigenvalue weighted by molar-refractivity contribution is 7.80. The van der Waals surface area contributed by atoms with Crippen LogP contribution in [0.2, 0.25) is 0 Å². The summed E-state index contributed by atoms with van der Waals surface area (Å²) in [6, 6.07) is 3.87. The first-order chi connectivity index (χ1) is 8.98. The third kappa shape index (κ3) is 3.96. The van der Waals surface area contributed by atoms with Crippen molar-refractivity contribution in [2.24, 2.45) is 5.73 Å². The van der Waals surface area contributed by atoms with Crippen LogP contribution in [0.4, 0.5) is 0 Å². The smallest absolute Gasteiger partial charge is 0.122 e. The zero-order valence-electron chi connectivity index (χ0n) is 11.3. The van der Waals surface area contributed by atoms with Crippen LogP contribution in [0.3, 0.4) is 0 Å². The van der Waals surface area contributed by atoms with Gasteiger partial charge in [0, 0.05) is 19.3 Å². The van der Waals surface area contributed by atoms with Gasteiger partial charge in [-0.1, -0.05) is 25.1 Å². The van der Waals surface area contributed by atoms with Gasteiger partial charge in [0.15, 0.2) is 0 Å². The van der Waals surface area contributed by atoms with Crippen molar-refractivity contribution in [1.29, 1.82) is 0 Å².